The minimum atomic E-state index is -0.250. The van der Waals surface area contributed by atoms with Gasteiger partial charge >= 0.3 is 0 Å². The van der Waals surface area contributed by atoms with E-state index in [1.54, 1.807) is 0 Å². The van der Waals surface area contributed by atoms with Gasteiger partial charge in [0.25, 0.3) is 6.47 Å². The predicted molar refractivity (Wildman–Crippen MR) is 126 cm³/mol. The van der Waals surface area contributed by atoms with E-state index in [1.807, 2.05) is 30.3 Å². The summed E-state index contributed by atoms with van der Waals surface area (Å²) in [4.78, 5) is 15.4. The Labute approximate surface area is 182 Å². The topological polar surface area (TPSA) is 62.7 Å². The second kappa shape index (κ2) is 10.8. The van der Waals surface area contributed by atoms with Crippen LogP contribution in [0, 0.1) is 0 Å². The Morgan fingerprint density at radius 2 is 1.61 bits per heavy atom. The third-order valence-electron chi connectivity index (χ3n) is 4.97. The number of aromatic nitrogens is 1. The molecule has 1 N–H and O–H groups in total. The van der Waals surface area contributed by atoms with Crippen LogP contribution in [0.3, 0.4) is 0 Å². The van der Waals surface area contributed by atoms with Gasteiger partial charge in [0.05, 0.1) is 5.52 Å². The van der Waals surface area contributed by atoms with Gasteiger partial charge in [0.1, 0.15) is 18.2 Å². The van der Waals surface area contributed by atoms with Gasteiger partial charge in [-0.25, -0.2) is 4.98 Å². The summed E-state index contributed by atoms with van der Waals surface area (Å²) in [6.07, 6.45) is 0. The lowest BCUT2D eigenvalue weighted by Gasteiger charge is -2.19. The fourth-order valence-corrected chi connectivity index (χ4v) is 3.24. The minimum Gasteiger partial charge on any atom is -0.489 e. The number of ether oxygens (including phenoxy) is 1. The van der Waals surface area contributed by atoms with Crippen molar-refractivity contribution in [1.29, 1.82) is 0 Å². The fraction of sp³-hybridized carbons (Fsp3) is 0.154. The van der Waals surface area contributed by atoms with E-state index in [-0.39, 0.29) is 6.47 Å². The first-order valence-corrected chi connectivity index (χ1v) is 10.1. The molecule has 5 nitrogen and oxygen atoms in total. The van der Waals surface area contributed by atoms with Crippen LogP contribution in [0.5, 0.6) is 5.75 Å². The van der Waals surface area contributed by atoms with Crippen molar-refractivity contribution in [2.24, 2.45) is 0 Å². The first-order chi connectivity index (χ1) is 15.2. The monoisotopic (exact) mass is 414 g/mol. The molecule has 158 valence electrons. The first kappa shape index (κ1) is 21.8. The molecule has 5 heteroatoms. The van der Waals surface area contributed by atoms with Crippen molar-refractivity contribution in [2.45, 2.75) is 13.5 Å². The zero-order valence-electron chi connectivity index (χ0n) is 17.7. The van der Waals surface area contributed by atoms with E-state index in [4.69, 9.17) is 19.6 Å². The number of rotatable bonds is 6. The van der Waals surface area contributed by atoms with Crippen LogP contribution in [0.25, 0.3) is 22.0 Å². The Morgan fingerprint density at radius 3 is 2.26 bits per heavy atom. The van der Waals surface area contributed by atoms with Gasteiger partial charge < -0.3 is 14.7 Å². The number of hydrogen-bond acceptors (Lipinski definition) is 4. The molecule has 1 heterocycles. The highest BCUT2D eigenvalue weighted by Crippen LogP contribution is 2.33. The van der Waals surface area contributed by atoms with E-state index in [0.29, 0.717) is 6.61 Å². The van der Waals surface area contributed by atoms with Crippen LogP contribution in [0.4, 0.5) is 5.82 Å². The van der Waals surface area contributed by atoms with Gasteiger partial charge in [-0.05, 0) is 47.9 Å². The third-order valence-corrected chi connectivity index (χ3v) is 4.97. The second-order valence-electron chi connectivity index (χ2n) is 6.97. The maximum absolute atomic E-state index is 8.36. The Kier molecular flexibility index (Phi) is 7.60. The third kappa shape index (κ3) is 5.60. The predicted octanol–water partition coefficient (Wildman–Crippen LogP) is 5.64. The molecule has 0 fully saturated rings. The van der Waals surface area contributed by atoms with Gasteiger partial charge in [-0.2, -0.15) is 0 Å². The number of carboxylic acid groups (broad SMARTS) is 1. The summed E-state index contributed by atoms with van der Waals surface area (Å²) >= 11 is 0. The summed E-state index contributed by atoms with van der Waals surface area (Å²) < 4.78 is 6.05. The number of pyridine rings is 1. The molecule has 3 aromatic carbocycles. The molecule has 0 spiro atoms. The molecular formula is C26H26N2O3. The molecule has 0 radical (unpaired) electrons. The van der Waals surface area contributed by atoms with Crippen molar-refractivity contribution in [3.63, 3.8) is 0 Å². The number of benzene rings is 3. The number of hydrogen-bond donors (Lipinski definition) is 1. The minimum absolute atomic E-state index is 0.250. The molecule has 0 aliphatic heterocycles. The van der Waals surface area contributed by atoms with Gasteiger partial charge in [-0.3, -0.25) is 4.79 Å². The molecule has 1 aromatic heterocycles. The van der Waals surface area contributed by atoms with Crippen molar-refractivity contribution >= 4 is 23.2 Å². The smallest absolute Gasteiger partial charge is 0.290 e. The van der Waals surface area contributed by atoms with E-state index < -0.39 is 0 Å². The molecule has 31 heavy (non-hydrogen) atoms. The molecule has 0 unspecified atom stereocenters. The van der Waals surface area contributed by atoms with Crippen LogP contribution in [-0.2, 0) is 11.4 Å². The molecule has 0 saturated heterocycles. The van der Waals surface area contributed by atoms with Crippen molar-refractivity contribution < 1.29 is 14.6 Å². The normalized spacial score (nSPS) is 10.1. The summed E-state index contributed by atoms with van der Waals surface area (Å²) in [5, 5.41) is 7.99. The van der Waals surface area contributed by atoms with E-state index in [1.165, 1.54) is 11.1 Å². The highest BCUT2D eigenvalue weighted by Gasteiger charge is 2.11. The molecule has 0 bridgehead atoms. The highest BCUT2D eigenvalue weighted by atomic mass is 16.5. The first-order valence-electron chi connectivity index (χ1n) is 10.1. The fourth-order valence-electron chi connectivity index (χ4n) is 3.24. The molecule has 0 aliphatic rings. The Bertz CT molecular complexity index is 1120. The van der Waals surface area contributed by atoms with Gasteiger partial charge in [-0.15, -0.1) is 0 Å². The van der Waals surface area contributed by atoms with E-state index in [0.717, 1.165) is 34.6 Å². The molecule has 0 saturated carbocycles. The van der Waals surface area contributed by atoms with Crippen LogP contribution >= 0.6 is 0 Å². The lowest BCUT2D eigenvalue weighted by atomic mass is 10.0. The van der Waals surface area contributed by atoms with Crippen molar-refractivity contribution in [1.82, 2.24) is 4.98 Å². The number of fused-ring (bicyclic) bond motifs is 1. The van der Waals surface area contributed by atoms with E-state index >= 15 is 0 Å². The van der Waals surface area contributed by atoms with Crippen molar-refractivity contribution in [2.75, 3.05) is 18.5 Å². The summed E-state index contributed by atoms with van der Waals surface area (Å²) in [5.41, 5.74) is 4.49. The molecule has 4 rings (SSSR count). The molecule has 0 aliphatic carbocycles. The van der Waals surface area contributed by atoms with Crippen molar-refractivity contribution in [3.8, 4) is 16.9 Å². The lowest BCUT2D eigenvalue weighted by Crippen LogP contribution is -2.17. The Hall–Kier alpha value is -3.86. The van der Waals surface area contributed by atoms with Crippen LogP contribution < -0.4 is 9.64 Å². The summed E-state index contributed by atoms with van der Waals surface area (Å²) in [6.45, 7) is 3.34. The van der Waals surface area contributed by atoms with Gasteiger partial charge in [0.2, 0.25) is 0 Å². The van der Waals surface area contributed by atoms with Crippen LogP contribution in [-0.4, -0.2) is 30.2 Å². The van der Waals surface area contributed by atoms with E-state index in [2.05, 4.69) is 73.5 Å². The Balaban J connectivity index is 0.000000858. The summed E-state index contributed by atoms with van der Waals surface area (Å²) in [6, 6.07) is 29.0. The van der Waals surface area contributed by atoms with Crippen LogP contribution in [0.2, 0.25) is 0 Å². The number of carbonyl (C=O) groups is 1. The maximum Gasteiger partial charge on any atom is 0.290 e. The van der Waals surface area contributed by atoms with Crippen LogP contribution in [0.15, 0.2) is 84.9 Å². The lowest BCUT2D eigenvalue weighted by molar-refractivity contribution is -0.122. The zero-order valence-corrected chi connectivity index (χ0v) is 17.7. The summed E-state index contributed by atoms with van der Waals surface area (Å²) in [7, 11) is 2.07. The van der Waals surface area contributed by atoms with Gasteiger partial charge in [0.15, 0.2) is 0 Å². The zero-order chi connectivity index (χ0) is 22.1. The standard InChI is InChI=1S/C25H24N2O.CH2O2/c1-3-27(2)25-17-22(20-12-8-5-9-13-20)23-16-21(14-15-24(23)26-25)28-18-19-10-6-4-7-11-19;2-1-3/h4-17H,3,18H2,1-2H3;1H,(H,2,3). The maximum atomic E-state index is 8.36. The number of nitrogens with zero attached hydrogens (tertiary/aromatic N) is 2. The molecule has 0 amide bonds. The average Bonchev–Trinajstić information content (AvgIpc) is 2.83. The molecular weight excluding hydrogens is 388 g/mol. The average molecular weight is 415 g/mol. The quantitative estimate of drug-likeness (QED) is 0.414. The SMILES string of the molecule is CCN(C)c1cc(-c2ccccc2)c2cc(OCc3ccccc3)ccc2n1.O=CO. The number of anilines is 1. The van der Waals surface area contributed by atoms with Crippen molar-refractivity contribution in [3.05, 3.63) is 90.5 Å². The van der Waals surface area contributed by atoms with Gasteiger partial charge in [-0.1, -0.05) is 60.7 Å². The summed E-state index contributed by atoms with van der Waals surface area (Å²) in [5.74, 6) is 1.83. The second-order valence-corrected chi connectivity index (χ2v) is 6.97. The van der Waals surface area contributed by atoms with Crippen LogP contribution in [0.1, 0.15) is 12.5 Å². The highest BCUT2D eigenvalue weighted by molar-refractivity contribution is 5.97. The van der Waals surface area contributed by atoms with Gasteiger partial charge in [0, 0.05) is 19.0 Å². The Morgan fingerprint density at radius 1 is 0.968 bits per heavy atom. The largest absolute Gasteiger partial charge is 0.489 e. The molecule has 0 atom stereocenters. The molecule has 4 aromatic rings. The van der Waals surface area contributed by atoms with E-state index in [9.17, 15) is 0 Å².